The fourth-order valence-electron chi connectivity index (χ4n) is 3.31. The zero-order chi connectivity index (χ0) is 20.6. The van der Waals surface area contributed by atoms with Crippen LogP contribution in [0.25, 0.3) is 0 Å². The number of fused-ring (bicyclic) bond motifs is 3. The maximum absolute atomic E-state index is 12.7. The van der Waals surface area contributed by atoms with Crippen molar-refractivity contribution in [1.82, 2.24) is 15.3 Å². The van der Waals surface area contributed by atoms with Gasteiger partial charge in [0.15, 0.2) is 11.6 Å². The number of nitrogens with one attached hydrogen (secondary N) is 1. The highest BCUT2D eigenvalue weighted by Gasteiger charge is 2.42. The molecule has 2 aliphatic heterocycles. The minimum Gasteiger partial charge on any atom is -0.486 e. The lowest BCUT2D eigenvalue weighted by atomic mass is 10.0. The Morgan fingerprint density at radius 3 is 2.75 bits per heavy atom. The van der Waals surface area contributed by atoms with Gasteiger partial charge in [-0.15, -0.1) is 0 Å². The molecule has 9 nitrogen and oxygen atoms in total. The summed E-state index contributed by atoms with van der Waals surface area (Å²) in [4.78, 5) is 23.7. The molecule has 28 heavy (non-hydrogen) atoms. The fourth-order valence-corrected chi connectivity index (χ4v) is 3.72. The summed E-state index contributed by atoms with van der Waals surface area (Å²) in [7, 11) is -1.26. The number of ether oxygens (including phenoxy) is 2. The molecule has 1 saturated heterocycles. The SMILES string of the molecule is CC(CO)NC(=O)c1nc2c(c(C(C)(C)S(C)=O)n1)OC[C@@H]1COC[C@@H](C)N21. The van der Waals surface area contributed by atoms with Gasteiger partial charge in [0.05, 0.1) is 36.7 Å². The van der Waals surface area contributed by atoms with Crippen LogP contribution < -0.4 is 15.0 Å². The molecule has 0 aromatic carbocycles. The molecule has 156 valence electrons. The molecule has 0 radical (unpaired) electrons. The van der Waals surface area contributed by atoms with Crippen molar-refractivity contribution < 1.29 is 23.6 Å². The highest BCUT2D eigenvalue weighted by molar-refractivity contribution is 7.85. The van der Waals surface area contributed by atoms with Gasteiger partial charge in [0.2, 0.25) is 5.82 Å². The standard InChI is InChI=1S/C18H28N4O5S/c1-10(6-23)19-17(24)15-20-14(18(3,4)28(5)25)13-16(21-15)22-11(2)7-26-8-12(22)9-27-13/h10-12,23H,6-9H2,1-5H3,(H,19,24)/t10?,11-,12+,28?/m1/s1. The van der Waals surface area contributed by atoms with Gasteiger partial charge in [-0.05, 0) is 27.7 Å². The first-order valence-corrected chi connectivity index (χ1v) is 10.9. The van der Waals surface area contributed by atoms with E-state index >= 15 is 0 Å². The summed E-state index contributed by atoms with van der Waals surface area (Å²) in [6, 6.07) is -0.400. The lowest BCUT2D eigenvalue weighted by molar-refractivity contribution is 0.0481. The number of carbonyl (C=O) groups excluding carboxylic acids is 1. The number of aliphatic hydroxyl groups is 1. The van der Waals surface area contributed by atoms with E-state index in [2.05, 4.69) is 20.2 Å². The molecule has 2 unspecified atom stereocenters. The Labute approximate surface area is 167 Å². The summed E-state index contributed by atoms with van der Waals surface area (Å²) in [5.74, 6) is 0.469. The van der Waals surface area contributed by atoms with E-state index in [9.17, 15) is 14.1 Å². The van der Waals surface area contributed by atoms with Crippen LogP contribution >= 0.6 is 0 Å². The Bertz CT molecular complexity index is 787. The molecule has 0 aliphatic carbocycles. The van der Waals surface area contributed by atoms with E-state index in [0.717, 1.165) is 0 Å². The molecule has 3 heterocycles. The number of morpholine rings is 1. The minimum atomic E-state index is -1.26. The number of anilines is 1. The normalized spacial score (nSPS) is 23.9. The van der Waals surface area contributed by atoms with Crippen LogP contribution in [0.5, 0.6) is 5.75 Å². The second-order valence-corrected chi connectivity index (χ2v) is 9.76. The van der Waals surface area contributed by atoms with Crippen molar-refractivity contribution >= 4 is 22.5 Å². The van der Waals surface area contributed by atoms with Crippen LogP contribution in [0.3, 0.4) is 0 Å². The van der Waals surface area contributed by atoms with Gasteiger partial charge in [0.1, 0.15) is 12.3 Å². The van der Waals surface area contributed by atoms with E-state index in [1.54, 1.807) is 13.2 Å². The molecule has 1 fully saturated rings. The number of amides is 1. The predicted molar refractivity (Wildman–Crippen MR) is 105 cm³/mol. The van der Waals surface area contributed by atoms with Crippen LogP contribution in [0, 0.1) is 0 Å². The number of aromatic nitrogens is 2. The molecule has 1 aromatic rings. The number of hydrogen-bond acceptors (Lipinski definition) is 8. The van der Waals surface area contributed by atoms with Gasteiger partial charge in [-0.2, -0.15) is 0 Å². The quantitative estimate of drug-likeness (QED) is 0.704. The maximum atomic E-state index is 12.7. The van der Waals surface area contributed by atoms with Crippen LogP contribution in [-0.4, -0.2) is 76.0 Å². The zero-order valence-electron chi connectivity index (χ0n) is 16.9. The van der Waals surface area contributed by atoms with E-state index in [1.807, 2.05) is 20.8 Å². The second-order valence-electron chi connectivity index (χ2n) is 7.83. The van der Waals surface area contributed by atoms with Crippen molar-refractivity contribution in [2.45, 2.75) is 50.6 Å². The van der Waals surface area contributed by atoms with E-state index in [4.69, 9.17) is 9.47 Å². The third-order valence-electron chi connectivity index (χ3n) is 5.19. The minimum absolute atomic E-state index is 0.0125. The molecule has 10 heteroatoms. The highest BCUT2D eigenvalue weighted by Crippen LogP contribution is 2.42. The van der Waals surface area contributed by atoms with Crippen molar-refractivity contribution in [3.05, 3.63) is 11.5 Å². The van der Waals surface area contributed by atoms with Gasteiger partial charge < -0.3 is 24.8 Å². The largest absolute Gasteiger partial charge is 0.486 e. The van der Waals surface area contributed by atoms with Gasteiger partial charge >= 0.3 is 0 Å². The van der Waals surface area contributed by atoms with Crippen LogP contribution in [-0.2, 0) is 20.3 Å². The topological polar surface area (TPSA) is 114 Å². The number of nitrogens with zero attached hydrogens (tertiary/aromatic N) is 3. The van der Waals surface area contributed by atoms with Gasteiger partial charge in [-0.25, -0.2) is 9.97 Å². The summed E-state index contributed by atoms with van der Waals surface area (Å²) in [5, 5.41) is 11.9. The molecule has 2 aliphatic rings. The third-order valence-corrected chi connectivity index (χ3v) is 6.82. The summed E-state index contributed by atoms with van der Waals surface area (Å²) >= 11 is 0. The molecule has 1 amide bonds. The van der Waals surface area contributed by atoms with Crippen LogP contribution in [0.1, 0.15) is 44.0 Å². The Morgan fingerprint density at radius 1 is 1.39 bits per heavy atom. The van der Waals surface area contributed by atoms with E-state index in [0.29, 0.717) is 37.1 Å². The number of hydrogen-bond donors (Lipinski definition) is 2. The van der Waals surface area contributed by atoms with E-state index in [-0.39, 0.29) is 24.5 Å². The molecule has 0 saturated carbocycles. The predicted octanol–water partition coefficient (Wildman–Crippen LogP) is 0.187. The third kappa shape index (κ3) is 3.72. The lowest BCUT2D eigenvalue weighted by Crippen LogP contribution is -2.56. The van der Waals surface area contributed by atoms with Crippen molar-refractivity contribution in [3.8, 4) is 5.75 Å². The summed E-state index contributed by atoms with van der Waals surface area (Å²) in [6.45, 7) is 8.60. The first kappa shape index (κ1) is 20.9. The van der Waals surface area contributed by atoms with Gasteiger partial charge in [-0.3, -0.25) is 9.00 Å². The molecule has 0 spiro atoms. The molecule has 4 atom stereocenters. The molecule has 0 bridgehead atoms. The second kappa shape index (κ2) is 7.92. The molecule has 1 aromatic heterocycles. The smallest absolute Gasteiger partial charge is 0.289 e. The molecule has 2 N–H and O–H groups in total. The van der Waals surface area contributed by atoms with Crippen molar-refractivity contribution in [2.24, 2.45) is 0 Å². The number of rotatable bonds is 5. The van der Waals surface area contributed by atoms with Crippen molar-refractivity contribution in [2.75, 3.05) is 37.6 Å². The Balaban J connectivity index is 2.15. The van der Waals surface area contributed by atoms with E-state index < -0.39 is 27.5 Å². The van der Waals surface area contributed by atoms with Gasteiger partial charge in [0.25, 0.3) is 5.91 Å². The van der Waals surface area contributed by atoms with E-state index in [1.165, 1.54) is 0 Å². The summed E-state index contributed by atoms with van der Waals surface area (Å²) in [5.41, 5.74) is 0.442. The highest BCUT2D eigenvalue weighted by atomic mass is 32.2. The molecular weight excluding hydrogens is 384 g/mol. The van der Waals surface area contributed by atoms with Gasteiger partial charge in [0, 0.05) is 23.1 Å². The lowest BCUT2D eigenvalue weighted by Gasteiger charge is -2.45. The van der Waals surface area contributed by atoms with Crippen LogP contribution in [0.15, 0.2) is 0 Å². The van der Waals surface area contributed by atoms with Crippen molar-refractivity contribution in [3.63, 3.8) is 0 Å². The Morgan fingerprint density at radius 2 is 2.11 bits per heavy atom. The molecular formula is C18H28N4O5S. The Kier molecular flexibility index (Phi) is 5.92. The van der Waals surface area contributed by atoms with Crippen LogP contribution in [0.4, 0.5) is 5.82 Å². The zero-order valence-corrected chi connectivity index (χ0v) is 17.7. The first-order chi connectivity index (χ1) is 13.2. The van der Waals surface area contributed by atoms with Crippen LogP contribution in [0.2, 0.25) is 0 Å². The average molecular weight is 413 g/mol. The first-order valence-electron chi connectivity index (χ1n) is 9.33. The summed E-state index contributed by atoms with van der Waals surface area (Å²) < 4.78 is 23.2. The average Bonchev–Trinajstić information content (AvgIpc) is 2.66. The van der Waals surface area contributed by atoms with Crippen molar-refractivity contribution in [1.29, 1.82) is 0 Å². The maximum Gasteiger partial charge on any atom is 0.289 e. The molecule has 3 rings (SSSR count). The fraction of sp³-hybridized carbons (Fsp3) is 0.722. The summed E-state index contributed by atoms with van der Waals surface area (Å²) in [6.07, 6.45) is 1.60. The number of carbonyl (C=O) groups is 1. The monoisotopic (exact) mass is 412 g/mol. The Hall–Kier alpha value is -1.78. The number of aliphatic hydroxyl groups excluding tert-OH is 1. The van der Waals surface area contributed by atoms with Gasteiger partial charge in [-0.1, -0.05) is 0 Å².